The first-order chi connectivity index (χ1) is 8.29. The van der Waals surface area contributed by atoms with Crippen molar-refractivity contribution in [1.29, 1.82) is 0 Å². The van der Waals surface area contributed by atoms with Crippen LogP contribution in [0.5, 0.6) is 5.88 Å². The van der Waals surface area contributed by atoms with Crippen LogP contribution in [0.1, 0.15) is 16.1 Å². The lowest BCUT2D eigenvalue weighted by Gasteiger charge is -2.03. The summed E-state index contributed by atoms with van der Waals surface area (Å²) in [5, 5.41) is 1.91. The molecule has 0 fully saturated rings. The molecule has 0 spiro atoms. The van der Waals surface area contributed by atoms with Crippen molar-refractivity contribution in [3.8, 4) is 5.88 Å². The van der Waals surface area contributed by atoms with E-state index in [0.29, 0.717) is 18.1 Å². The van der Waals surface area contributed by atoms with Gasteiger partial charge >= 0.3 is 5.97 Å². The summed E-state index contributed by atoms with van der Waals surface area (Å²) in [5.74, 6) is 0.0363. The maximum atomic E-state index is 11.2. The molecule has 0 atom stereocenters. The first-order valence-corrected chi connectivity index (χ1v) is 5.78. The van der Waals surface area contributed by atoms with Crippen molar-refractivity contribution in [1.82, 2.24) is 9.97 Å². The number of esters is 1. The number of rotatable bonds is 4. The van der Waals surface area contributed by atoms with Crippen molar-refractivity contribution in [2.45, 2.75) is 6.61 Å². The summed E-state index contributed by atoms with van der Waals surface area (Å²) in [6, 6.07) is 3.23. The third-order valence-corrected chi connectivity index (χ3v) is 2.64. The van der Waals surface area contributed by atoms with Gasteiger partial charge in [0.05, 0.1) is 23.9 Å². The molecule has 2 aromatic heterocycles. The van der Waals surface area contributed by atoms with Gasteiger partial charge in [-0.2, -0.15) is 0 Å². The predicted octanol–water partition coefficient (Wildman–Crippen LogP) is 1.90. The SMILES string of the molecule is COC(=O)c1ccc(OCc2cscn2)nc1. The minimum atomic E-state index is -0.413. The molecule has 0 saturated carbocycles. The lowest BCUT2D eigenvalue weighted by molar-refractivity contribution is 0.0600. The summed E-state index contributed by atoms with van der Waals surface area (Å²) in [7, 11) is 1.33. The fourth-order valence-electron chi connectivity index (χ4n) is 1.16. The van der Waals surface area contributed by atoms with Crippen LogP contribution in [0.4, 0.5) is 0 Å². The van der Waals surface area contributed by atoms with E-state index in [1.165, 1.54) is 24.6 Å². The lowest BCUT2D eigenvalue weighted by Crippen LogP contribution is -2.03. The van der Waals surface area contributed by atoms with Crippen LogP contribution in [0.2, 0.25) is 0 Å². The van der Waals surface area contributed by atoms with Gasteiger partial charge in [-0.05, 0) is 6.07 Å². The number of carbonyl (C=O) groups excluding carboxylic acids is 1. The molecular weight excluding hydrogens is 240 g/mol. The largest absolute Gasteiger partial charge is 0.471 e. The van der Waals surface area contributed by atoms with E-state index in [1.807, 2.05) is 5.38 Å². The Morgan fingerprint density at radius 1 is 1.41 bits per heavy atom. The van der Waals surface area contributed by atoms with Gasteiger partial charge < -0.3 is 9.47 Å². The Morgan fingerprint density at radius 3 is 2.88 bits per heavy atom. The Balaban J connectivity index is 1.96. The zero-order chi connectivity index (χ0) is 12.1. The molecule has 2 heterocycles. The van der Waals surface area contributed by atoms with E-state index in [2.05, 4.69) is 14.7 Å². The van der Waals surface area contributed by atoms with Gasteiger partial charge in [-0.1, -0.05) is 0 Å². The van der Waals surface area contributed by atoms with Crippen molar-refractivity contribution in [3.63, 3.8) is 0 Å². The number of methoxy groups -OCH3 is 1. The Hall–Kier alpha value is -1.95. The molecule has 5 nitrogen and oxygen atoms in total. The number of hydrogen-bond acceptors (Lipinski definition) is 6. The molecule has 2 rings (SSSR count). The fraction of sp³-hybridized carbons (Fsp3) is 0.182. The molecule has 0 aliphatic heterocycles. The number of hydrogen-bond donors (Lipinski definition) is 0. The monoisotopic (exact) mass is 250 g/mol. The highest BCUT2D eigenvalue weighted by molar-refractivity contribution is 7.07. The number of aromatic nitrogens is 2. The Kier molecular flexibility index (Phi) is 3.66. The molecule has 0 bridgehead atoms. The second-order valence-electron chi connectivity index (χ2n) is 3.15. The van der Waals surface area contributed by atoms with E-state index in [-0.39, 0.29) is 0 Å². The average molecular weight is 250 g/mol. The van der Waals surface area contributed by atoms with Crippen LogP contribution in [0.15, 0.2) is 29.2 Å². The molecule has 2 aromatic rings. The smallest absolute Gasteiger partial charge is 0.339 e. The highest BCUT2D eigenvalue weighted by Gasteiger charge is 2.06. The predicted molar refractivity (Wildman–Crippen MR) is 62.0 cm³/mol. The van der Waals surface area contributed by atoms with Crippen LogP contribution in [-0.2, 0) is 11.3 Å². The number of nitrogens with zero attached hydrogens (tertiary/aromatic N) is 2. The Labute approximate surface area is 102 Å². The molecule has 6 heteroatoms. The summed E-state index contributed by atoms with van der Waals surface area (Å²) in [6.45, 7) is 0.369. The maximum absolute atomic E-state index is 11.2. The molecule has 0 radical (unpaired) electrons. The zero-order valence-corrected chi connectivity index (χ0v) is 9.94. The molecule has 0 aromatic carbocycles. The second-order valence-corrected chi connectivity index (χ2v) is 3.86. The number of carbonyl (C=O) groups is 1. The van der Waals surface area contributed by atoms with E-state index >= 15 is 0 Å². The molecule has 88 valence electrons. The van der Waals surface area contributed by atoms with Gasteiger partial charge in [-0.15, -0.1) is 11.3 Å². The van der Waals surface area contributed by atoms with Gasteiger partial charge in [0.15, 0.2) is 0 Å². The first-order valence-electron chi connectivity index (χ1n) is 4.84. The molecule has 0 N–H and O–H groups in total. The van der Waals surface area contributed by atoms with E-state index < -0.39 is 5.97 Å². The second kappa shape index (κ2) is 5.40. The topological polar surface area (TPSA) is 61.3 Å². The van der Waals surface area contributed by atoms with Crippen LogP contribution in [0.3, 0.4) is 0 Å². The van der Waals surface area contributed by atoms with Crippen molar-refractivity contribution < 1.29 is 14.3 Å². The Bertz CT molecular complexity index is 482. The van der Waals surface area contributed by atoms with E-state index in [4.69, 9.17) is 4.74 Å². The summed E-state index contributed by atoms with van der Waals surface area (Å²) in [6.07, 6.45) is 1.42. The number of pyridine rings is 1. The van der Waals surface area contributed by atoms with Crippen LogP contribution < -0.4 is 4.74 Å². The van der Waals surface area contributed by atoms with Crippen molar-refractivity contribution >= 4 is 17.3 Å². The molecular formula is C11H10N2O3S. The normalized spacial score (nSPS) is 9.94. The summed E-state index contributed by atoms with van der Waals surface area (Å²) >= 11 is 1.51. The van der Waals surface area contributed by atoms with Crippen LogP contribution >= 0.6 is 11.3 Å². The highest BCUT2D eigenvalue weighted by atomic mass is 32.1. The first kappa shape index (κ1) is 11.5. The molecule has 0 aliphatic rings. The third kappa shape index (κ3) is 3.01. The van der Waals surface area contributed by atoms with Gasteiger partial charge in [-0.3, -0.25) is 0 Å². The third-order valence-electron chi connectivity index (χ3n) is 2.01. The molecule has 0 saturated heterocycles. The zero-order valence-electron chi connectivity index (χ0n) is 9.12. The van der Waals surface area contributed by atoms with Crippen molar-refractivity contribution in [3.05, 3.63) is 40.5 Å². The standard InChI is InChI=1S/C11H10N2O3S/c1-15-11(14)8-2-3-10(12-4-8)16-5-9-6-17-7-13-9/h2-4,6-7H,5H2,1H3. The summed E-state index contributed by atoms with van der Waals surface area (Å²) < 4.78 is 9.97. The van der Waals surface area contributed by atoms with Crippen molar-refractivity contribution in [2.24, 2.45) is 0 Å². The van der Waals surface area contributed by atoms with Crippen molar-refractivity contribution in [2.75, 3.05) is 7.11 Å². The fourth-order valence-corrected chi connectivity index (χ4v) is 1.70. The van der Waals surface area contributed by atoms with E-state index in [0.717, 1.165) is 5.69 Å². The molecule has 0 aliphatic carbocycles. The number of ether oxygens (including phenoxy) is 2. The van der Waals surface area contributed by atoms with Crippen LogP contribution in [0, 0.1) is 0 Å². The van der Waals surface area contributed by atoms with Crippen LogP contribution in [-0.4, -0.2) is 23.0 Å². The van der Waals surface area contributed by atoms with Gasteiger partial charge in [0, 0.05) is 17.6 Å². The molecule has 0 unspecified atom stereocenters. The molecule has 17 heavy (non-hydrogen) atoms. The van der Waals surface area contributed by atoms with Gasteiger partial charge in [0.25, 0.3) is 0 Å². The highest BCUT2D eigenvalue weighted by Crippen LogP contribution is 2.11. The lowest BCUT2D eigenvalue weighted by atomic mass is 10.3. The van der Waals surface area contributed by atoms with Gasteiger partial charge in [-0.25, -0.2) is 14.8 Å². The summed E-state index contributed by atoms with van der Waals surface area (Å²) in [4.78, 5) is 19.2. The number of thiazole rings is 1. The van der Waals surface area contributed by atoms with Gasteiger partial charge in [0.2, 0.25) is 5.88 Å². The minimum Gasteiger partial charge on any atom is -0.471 e. The maximum Gasteiger partial charge on any atom is 0.339 e. The van der Waals surface area contributed by atoms with Crippen LogP contribution in [0.25, 0.3) is 0 Å². The molecule has 0 amide bonds. The summed E-state index contributed by atoms with van der Waals surface area (Å²) in [5.41, 5.74) is 2.99. The minimum absolute atomic E-state index is 0.369. The van der Waals surface area contributed by atoms with E-state index in [1.54, 1.807) is 17.6 Å². The quantitative estimate of drug-likeness (QED) is 0.775. The van der Waals surface area contributed by atoms with E-state index in [9.17, 15) is 4.79 Å². The average Bonchev–Trinajstić information content (AvgIpc) is 2.89. The Morgan fingerprint density at radius 2 is 2.29 bits per heavy atom. The van der Waals surface area contributed by atoms with Gasteiger partial charge in [0.1, 0.15) is 6.61 Å².